The predicted molar refractivity (Wildman–Crippen MR) is 86.8 cm³/mol. The summed E-state index contributed by atoms with van der Waals surface area (Å²) in [5.74, 6) is 1.11. The van der Waals surface area contributed by atoms with Gasteiger partial charge in [-0.15, -0.1) is 0 Å². The van der Waals surface area contributed by atoms with Gasteiger partial charge in [-0.25, -0.2) is 0 Å². The maximum absolute atomic E-state index is 11.7. The number of unbranched alkanes of at least 4 members (excludes halogenated alkanes) is 7. The molecule has 0 spiro atoms. The Morgan fingerprint density at radius 1 is 0.950 bits per heavy atom. The SMILES string of the molecule is CCCCCCCCCCNC(=O)CCC1CCCC1. The molecule has 0 aliphatic heterocycles. The van der Waals surface area contributed by atoms with Crippen LogP contribution in [0.4, 0.5) is 0 Å². The lowest BCUT2D eigenvalue weighted by Gasteiger charge is -2.09. The Hall–Kier alpha value is -0.530. The summed E-state index contributed by atoms with van der Waals surface area (Å²) < 4.78 is 0. The van der Waals surface area contributed by atoms with Crippen LogP contribution >= 0.6 is 0 Å². The Labute approximate surface area is 126 Å². The van der Waals surface area contributed by atoms with Gasteiger partial charge < -0.3 is 5.32 Å². The lowest BCUT2D eigenvalue weighted by atomic mass is 10.0. The molecule has 0 atom stereocenters. The van der Waals surface area contributed by atoms with Gasteiger partial charge >= 0.3 is 0 Å². The van der Waals surface area contributed by atoms with Gasteiger partial charge in [0.15, 0.2) is 0 Å². The standard InChI is InChI=1S/C18H35NO/c1-2-3-4-5-6-7-8-11-16-19-18(20)15-14-17-12-9-10-13-17/h17H,2-16H2,1H3,(H,19,20). The van der Waals surface area contributed by atoms with Gasteiger partial charge in [-0.05, 0) is 18.8 Å². The van der Waals surface area contributed by atoms with Crippen molar-refractivity contribution in [3.8, 4) is 0 Å². The van der Waals surface area contributed by atoms with Crippen LogP contribution in [0.3, 0.4) is 0 Å². The zero-order valence-electron chi connectivity index (χ0n) is 13.6. The molecule has 1 fully saturated rings. The van der Waals surface area contributed by atoms with E-state index in [2.05, 4.69) is 12.2 Å². The van der Waals surface area contributed by atoms with Gasteiger partial charge in [-0.2, -0.15) is 0 Å². The molecule has 118 valence electrons. The molecule has 0 saturated heterocycles. The maximum Gasteiger partial charge on any atom is 0.220 e. The average Bonchev–Trinajstić information content (AvgIpc) is 2.96. The van der Waals surface area contributed by atoms with Crippen molar-refractivity contribution >= 4 is 5.91 Å². The highest BCUT2D eigenvalue weighted by Gasteiger charge is 2.15. The molecule has 1 saturated carbocycles. The van der Waals surface area contributed by atoms with E-state index in [1.807, 2.05) is 0 Å². The van der Waals surface area contributed by atoms with Crippen LogP contribution in [0.25, 0.3) is 0 Å². The van der Waals surface area contributed by atoms with Crippen molar-refractivity contribution in [3.63, 3.8) is 0 Å². The minimum atomic E-state index is 0.278. The van der Waals surface area contributed by atoms with E-state index in [4.69, 9.17) is 0 Å². The smallest absolute Gasteiger partial charge is 0.220 e. The molecule has 0 aromatic heterocycles. The van der Waals surface area contributed by atoms with Crippen molar-refractivity contribution in [2.45, 2.75) is 96.8 Å². The van der Waals surface area contributed by atoms with Gasteiger partial charge in [0.05, 0.1) is 0 Å². The topological polar surface area (TPSA) is 29.1 Å². The van der Waals surface area contributed by atoms with Gasteiger partial charge in [0.2, 0.25) is 5.91 Å². The van der Waals surface area contributed by atoms with E-state index in [9.17, 15) is 4.79 Å². The van der Waals surface area contributed by atoms with E-state index in [0.717, 1.165) is 31.7 Å². The minimum absolute atomic E-state index is 0.278. The molecule has 1 aliphatic carbocycles. The molecule has 0 radical (unpaired) electrons. The first-order valence-corrected chi connectivity index (χ1v) is 9.09. The number of hydrogen-bond acceptors (Lipinski definition) is 1. The van der Waals surface area contributed by atoms with Crippen molar-refractivity contribution in [2.24, 2.45) is 5.92 Å². The predicted octanol–water partition coefficient (Wildman–Crippen LogP) is 5.21. The van der Waals surface area contributed by atoms with Crippen LogP contribution in [0, 0.1) is 5.92 Å². The summed E-state index contributed by atoms with van der Waals surface area (Å²) in [4.78, 5) is 11.7. The van der Waals surface area contributed by atoms with Crippen molar-refractivity contribution < 1.29 is 4.79 Å². The highest BCUT2D eigenvalue weighted by Crippen LogP contribution is 2.28. The van der Waals surface area contributed by atoms with Crippen molar-refractivity contribution in [2.75, 3.05) is 6.54 Å². The quantitative estimate of drug-likeness (QED) is 0.489. The summed E-state index contributed by atoms with van der Waals surface area (Å²) in [5, 5.41) is 3.08. The van der Waals surface area contributed by atoms with Gasteiger partial charge in [0.25, 0.3) is 0 Å². The van der Waals surface area contributed by atoms with E-state index in [1.54, 1.807) is 0 Å². The van der Waals surface area contributed by atoms with Crippen LogP contribution in [-0.4, -0.2) is 12.5 Å². The van der Waals surface area contributed by atoms with Crippen molar-refractivity contribution in [1.82, 2.24) is 5.32 Å². The van der Waals surface area contributed by atoms with Gasteiger partial charge in [-0.3, -0.25) is 4.79 Å². The summed E-state index contributed by atoms with van der Waals surface area (Å²) in [6.45, 7) is 3.15. The van der Waals surface area contributed by atoms with Crippen LogP contribution in [0.15, 0.2) is 0 Å². The molecule has 1 aliphatic rings. The van der Waals surface area contributed by atoms with Gasteiger partial charge in [-0.1, -0.05) is 77.6 Å². The van der Waals surface area contributed by atoms with Gasteiger partial charge in [0, 0.05) is 13.0 Å². The van der Waals surface area contributed by atoms with E-state index in [1.165, 1.54) is 70.6 Å². The Bertz CT molecular complexity index is 234. The molecule has 0 heterocycles. The van der Waals surface area contributed by atoms with Crippen LogP contribution in [0.1, 0.15) is 96.8 Å². The molecular weight excluding hydrogens is 246 g/mol. The van der Waals surface area contributed by atoms with Crippen LogP contribution < -0.4 is 5.32 Å². The zero-order valence-corrected chi connectivity index (χ0v) is 13.6. The number of nitrogens with one attached hydrogen (secondary N) is 1. The number of carbonyl (C=O) groups excluding carboxylic acids is 1. The molecule has 0 bridgehead atoms. The summed E-state index contributed by atoms with van der Waals surface area (Å²) >= 11 is 0. The monoisotopic (exact) mass is 281 g/mol. The third-order valence-corrected chi connectivity index (χ3v) is 4.61. The summed E-state index contributed by atoms with van der Waals surface area (Å²) in [6.07, 6.45) is 18.0. The first kappa shape index (κ1) is 17.5. The van der Waals surface area contributed by atoms with E-state index >= 15 is 0 Å². The lowest BCUT2D eigenvalue weighted by molar-refractivity contribution is -0.121. The third-order valence-electron chi connectivity index (χ3n) is 4.61. The second-order valence-corrected chi connectivity index (χ2v) is 6.51. The number of carbonyl (C=O) groups is 1. The lowest BCUT2D eigenvalue weighted by Crippen LogP contribution is -2.24. The summed E-state index contributed by atoms with van der Waals surface area (Å²) in [6, 6.07) is 0. The number of rotatable bonds is 12. The molecule has 0 unspecified atom stereocenters. The van der Waals surface area contributed by atoms with Crippen molar-refractivity contribution in [3.05, 3.63) is 0 Å². The Morgan fingerprint density at radius 3 is 2.20 bits per heavy atom. The van der Waals surface area contributed by atoms with Crippen molar-refractivity contribution in [1.29, 1.82) is 0 Å². The molecular formula is C18H35NO. The van der Waals surface area contributed by atoms with Crippen LogP contribution in [-0.2, 0) is 4.79 Å². The Balaban J connectivity index is 1.79. The van der Waals surface area contributed by atoms with E-state index < -0.39 is 0 Å². The Morgan fingerprint density at radius 2 is 1.55 bits per heavy atom. The molecule has 1 amide bonds. The van der Waals surface area contributed by atoms with Gasteiger partial charge in [0.1, 0.15) is 0 Å². The average molecular weight is 281 g/mol. The largest absolute Gasteiger partial charge is 0.356 e. The molecule has 20 heavy (non-hydrogen) atoms. The minimum Gasteiger partial charge on any atom is -0.356 e. The second kappa shape index (κ2) is 12.2. The highest BCUT2D eigenvalue weighted by molar-refractivity contribution is 5.75. The number of hydrogen-bond donors (Lipinski definition) is 1. The third kappa shape index (κ3) is 9.39. The highest BCUT2D eigenvalue weighted by atomic mass is 16.1. The molecule has 0 aromatic rings. The molecule has 2 heteroatoms. The zero-order chi connectivity index (χ0) is 14.5. The molecule has 0 aromatic carbocycles. The fraction of sp³-hybridized carbons (Fsp3) is 0.944. The number of amides is 1. The van der Waals surface area contributed by atoms with Crippen LogP contribution in [0.5, 0.6) is 0 Å². The molecule has 2 nitrogen and oxygen atoms in total. The maximum atomic E-state index is 11.7. The first-order valence-electron chi connectivity index (χ1n) is 9.09. The fourth-order valence-corrected chi connectivity index (χ4v) is 3.21. The van der Waals surface area contributed by atoms with E-state index in [0.29, 0.717) is 0 Å². The second-order valence-electron chi connectivity index (χ2n) is 6.51. The molecule has 1 rings (SSSR count). The fourth-order valence-electron chi connectivity index (χ4n) is 3.21. The normalized spacial score (nSPS) is 15.7. The van der Waals surface area contributed by atoms with Crippen LogP contribution in [0.2, 0.25) is 0 Å². The summed E-state index contributed by atoms with van der Waals surface area (Å²) in [7, 11) is 0. The Kier molecular flexibility index (Phi) is 10.7. The van der Waals surface area contributed by atoms with E-state index in [-0.39, 0.29) is 5.91 Å². The molecule has 1 N–H and O–H groups in total. The first-order chi connectivity index (χ1) is 9.83. The summed E-state index contributed by atoms with van der Waals surface area (Å²) in [5.41, 5.74) is 0.